The van der Waals surface area contributed by atoms with Crippen molar-refractivity contribution in [3.05, 3.63) is 64.4 Å². The largest absolute Gasteiger partial charge is 0.450 e. The maximum atomic E-state index is 13.1. The van der Waals surface area contributed by atoms with E-state index in [1.807, 2.05) is 26.0 Å². The van der Waals surface area contributed by atoms with Gasteiger partial charge in [-0.05, 0) is 50.1 Å². The number of fused-ring (bicyclic) bond motifs is 1. The molecule has 0 saturated heterocycles. The van der Waals surface area contributed by atoms with Gasteiger partial charge < -0.3 is 9.73 Å². The van der Waals surface area contributed by atoms with Crippen LogP contribution in [0.2, 0.25) is 0 Å². The first-order chi connectivity index (χ1) is 11.7. The Balaban J connectivity index is 2.02. The Labute approximate surface area is 142 Å². The highest BCUT2D eigenvalue weighted by Gasteiger charge is 2.34. The van der Waals surface area contributed by atoms with Gasteiger partial charge in [0.25, 0.3) is 5.91 Å². The second kappa shape index (κ2) is 5.95. The summed E-state index contributed by atoms with van der Waals surface area (Å²) >= 11 is 0. The average molecular weight is 347 g/mol. The predicted molar refractivity (Wildman–Crippen MR) is 89.8 cm³/mol. The van der Waals surface area contributed by atoms with E-state index in [2.05, 4.69) is 5.32 Å². The summed E-state index contributed by atoms with van der Waals surface area (Å²) in [5, 5.41) is 3.10. The molecule has 1 amide bonds. The number of aryl methyl sites for hydroxylation is 3. The Hall–Kier alpha value is -2.76. The van der Waals surface area contributed by atoms with E-state index < -0.39 is 17.6 Å². The Kier molecular flexibility index (Phi) is 4.06. The normalized spacial score (nSPS) is 11.8. The van der Waals surface area contributed by atoms with Crippen LogP contribution in [-0.4, -0.2) is 5.91 Å². The molecule has 0 unspecified atom stereocenters. The van der Waals surface area contributed by atoms with Crippen molar-refractivity contribution in [2.75, 3.05) is 5.32 Å². The van der Waals surface area contributed by atoms with Crippen molar-refractivity contribution in [2.45, 2.75) is 26.9 Å². The number of anilines is 1. The lowest BCUT2D eigenvalue weighted by atomic mass is 10.1. The highest BCUT2D eigenvalue weighted by molar-refractivity contribution is 6.07. The number of hydrogen-bond acceptors (Lipinski definition) is 2. The summed E-state index contributed by atoms with van der Waals surface area (Å²) in [4.78, 5) is 12.5. The first-order valence-electron chi connectivity index (χ1n) is 7.66. The van der Waals surface area contributed by atoms with Gasteiger partial charge >= 0.3 is 6.18 Å². The molecular weight excluding hydrogens is 331 g/mol. The molecule has 0 radical (unpaired) electrons. The summed E-state index contributed by atoms with van der Waals surface area (Å²) in [6, 6.07) is 8.66. The molecule has 0 bridgehead atoms. The number of alkyl halides is 3. The number of furan rings is 1. The summed E-state index contributed by atoms with van der Waals surface area (Å²) in [6.07, 6.45) is -4.56. The molecule has 0 saturated carbocycles. The van der Waals surface area contributed by atoms with Gasteiger partial charge in [-0.3, -0.25) is 4.79 Å². The third-order valence-corrected chi connectivity index (χ3v) is 4.05. The van der Waals surface area contributed by atoms with Crippen LogP contribution in [0.25, 0.3) is 11.0 Å². The van der Waals surface area contributed by atoms with E-state index in [9.17, 15) is 18.0 Å². The maximum absolute atomic E-state index is 13.1. The van der Waals surface area contributed by atoms with Crippen LogP contribution < -0.4 is 5.32 Å². The molecule has 0 aliphatic carbocycles. The van der Waals surface area contributed by atoms with Crippen molar-refractivity contribution >= 4 is 22.6 Å². The molecule has 130 valence electrons. The zero-order chi connectivity index (χ0) is 18.4. The van der Waals surface area contributed by atoms with E-state index in [-0.39, 0.29) is 11.4 Å². The summed E-state index contributed by atoms with van der Waals surface area (Å²) < 4.78 is 44.9. The van der Waals surface area contributed by atoms with Crippen molar-refractivity contribution in [1.29, 1.82) is 0 Å². The lowest BCUT2D eigenvalue weighted by Gasteiger charge is -2.12. The molecule has 3 rings (SSSR count). The second-order valence-corrected chi connectivity index (χ2v) is 6.01. The fourth-order valence-electron chi connectivity index (χ4n) is 2.90. The van der Waals surface area contributed by atoms with Crippen LogP contribution in [0.3, 0.4) is 0 Å². The number of benzene rings is 2. The summed E-state index contributed by atoms with van der Waals surface area (Å²) in [5.41, 5.74) is 1.86. The van der Waals surface area contributed by atoms with Crippen molar-refractivity contribution in [3.8, 4) is 0 Å². The van der Waals surface area contributed by atoms with E-state index >= 15 is 0 Å². The van der Waals surface area contributed by atoms with E-state index in [1.165, 1.54) is 18.2 Å². The summed E-state index contributed by atoms with van der Waals surface area (Å²) in [5.74, 6) is -0.692. The zero-order valence-corrected chi connectivity index (χ0v) is 13.9. The van der Waals surface area contributed by atoms with Crippen molar-refractivity contribution in [3.63, 3.8) is 0 Å². The number of nitrogens with one attached hydrogen (secondary N) is 1. The highest BCUT2D eigenvalue weighted by atomic mass is 19.4. The molecule has 6 heteroatoms. The fourth-order valence-corrected chi connectivity index (χ4v) is 2.90. The van der Waals surface area contributed by atoms with Gasteiger partial charge in [0.15, 0.2) is 5.76 Å². The summed E-state index contributed by atoms with van der Waals surface area (Å²) in [6.45, 7) is 5.51. The van der Waals surface area contributed by atoms with Crippen LogP contribution in [0, 0.1) is 20.8 Å². The van der Waals surface area contributed by atoms with Crippen molar-refractivity contribution in [1.82, 2.24) is 0 Å². The van der Waals surface area contributed by atoms with Crippen molar-refractivity contribution < 1.29 is 22.4 Å². The predicted octanol–water partition coefficient (Wildman–Crippen LogP) is 5.63. The number of carbonyl (C=O) groups excluding carboxylic acids is 1. The third kappa shape index (κ3) is 3.12. The molecule has 3 nitrogen and oxygen atoms in total. The maximum Gasteiger partial charge on any atom is 0.418 e. The van der Waals surface area contributed by atoms with Gasteiger partial charge in [-0.1, -0.05) is 18.2 Å². The van der Waals surface area contributed by atoms with E-state index in [4.69, 9.17) is 4.42 Å². The minimum Gasteiger partial charge on any atom is -0.450 e. The molecule has 1 aromatic heterocycles. The molecule has 0 aliphatic rings. The first-order valence-corrected chi connectivity index (χ1v) is 7.66. The minimum absolute atomic E-state index is 0.0145. The van der Waals surface area contributed by atoms with Crippen LogP contribution in [0.4, 0.5) is 18.9 Å². The van der Waals surface area contributed by atoms with Crippen LogP contribution in [0.1, 0.15) is 32.8 Å². The van der Waals surface area contributed by atoms with Gasteiger partial charge in [0.1, 0.15) is 5.58 Å². The van der Waals surface area contributed by atoms with E-state index in [0.29, 0.717) is 11.1 Å². The summed E-state index contributed by atoms with van der Waals surface area (Å²) in [7, 11) is 0. The Bertz CT molecular complexity index is 971. The van der Waals surface area contributed by atoms with Gasteiger partial charge in [-0.15, -0.1) is 0 Å². The van der Waals surface area contributed by atoms with E-state index in [0.717, 1.165) is 22.6 Å². The minimum atomic E-state index is -4.56. The molecule has 0 fully saturated rings. The first kappa shape index (κ1) is 17.1. The quantitative estimate of drug-likeness (QED) is 0.653. The molecule has 0 spiro atoms. The van der Waals surface area contributed by atoms with Crippen LogP contribution in [0.15, 0.2) is 40.8 Å². The van der Waals surface area contributed by atoms with Gasteiger partial charge in [0.05, 0.1) is 11.3 Å². The second-order valence-electron chi connectivity index (χ2n) is 6.01. The molecule has 2 aromatic carbocycles. The lowest BCUT2D eigenvalue weighted by molar-refractivity contribution is -0.136. The van der Waals surface area contributed by atoms with Crippen LogP contribution in [0.5, 0.6) is 0 Å². The SMILES string of the molecule is Cc1cc(C)c2oc(C(=O)Nc3ccccc3C(F)(F)F)c(C)c2c1. The third-order valence-electron chi connectivity index (χ3n) is 4.05. The smallest absolute Gasteiger partial charge is 0.418 e. The molecule has 1 heterocycles. The molecule has 1 N–H and O–H groups in total. The lowest BCUT2D eigenvalue weighted by Crippen LogP contribution is -2.16. The number of halogens is 3. The highest BCUT2D eigenvalue weighted by Crippen LogP contribution is 2.35. The Morgan fingerprint density at radius 1 is 1.08 bits per heavy atom. The number of rotatable bonds is 2. The number of carbonyl (C=O) groups is 1. The molecule has 3 aromatic rings. The monoisotopic (exact) mass is 347 g/mol. The number of hydrogen-bond donors (Lipinski definition) is 1. The molecule has 25 heavy (non-hydrogen) atoms. The van der Waals surface area contributed by atoms with Gasteiger partial charge in [-0.25, -0.2) is 0 Å². The van der Waals surface area contributed by atoms with Crippen LogP contribution in [-0.2, 0) is 6.18 Å². The molecule has 0 aliphatic heterocycles. The number of para-hydroxylation sites is 1. The number of amides is 1. The fraction of sp³-hybridized carbons (Fsp3) is 0.211. The zero-order valence-electron chi connectivity index (χ0n) is 13.9. The van der Waals surface area contributed by atoms with Gasteiger partial charge in [0.2, 0.25) is 0 Å². The van der Waals surface area contributed by atoms with Crippen LogP contribution >= 0.6 is 0 Å². The molecular formula is C19H16F3NO2. The standard InChI is InChI=1S/C19H16F3NO2/c1-10-8-11(2)16-13(9-10)12(3)17(25-16)18(24)23-15-7-5-4-6-14(15)19(20,21)22/h4-9H,1-3H3,(H,23,24). The average Bonchev–Trinajstić information content (AvgIpc) is 2.84. The Morgan fingerprint density at radius 3 is 2.44 bits per heavy atom. The van der Waals surface area contributed by atoms with E-state index in [1.54, 1.807) is 6.92 Å². The van der Waals surface area contributed by atoms with Gasteiger partial charge in [-0.2, -0.15) is 13.2 Å². The van der Waals surface area contributed by atoms with Gasteiger partial charge in [0, 0.05) is 10.9 Å². The molecule has 0 atom stereocenters. The topological polar surface area (TPSA) is 42.2 Å². The van der Waals surface area contributed by atoms with Crippen molar-refractivity contribution in [2.24, 2.45) is 0 Å². The Morgan fingerprint density at radius 2 is 1.76 bits per heavy atom.